The van der Waals surface area contributed by atoms with Crippen LogP contribution in [-0.4, -0.2) is 11.5 Å². The topological polar surface area (TPSA) is 46.2 Å². The van der Waals surface area contributed by atoms with E-state index >= 15 is 0 Å². The molecule has 1 aliphatic rings. The first-order valence-electron chi connectivity index (χ1n) is 7.60. The largest absolute Gasteiger partial charge is 0.469 e. The Hall–Kier alpha value is -1.51. The SMILES string of the molecule is CCCCCCCc1cc(C2=CC(=N)OC2(C)C)co1. The number of aryl methyl sites for hydroxylation is 1. The minimum atomic E-state index is -0.431. The van der Waals surface area contributed by atoms with Crippen LogP contribution >= 0.6 is 0 Å². The second-order valence-corrected chi connectivity index (χ2v) is 6.00. The molecule has 2 heterocycles. The molecule has 2 rings (SSSR count). The van der Waals surface area contributed by atoms with E-state index in [4.69, 9.17) is 14.6 Å². The van der Waals surface area contributed by atoms with E-state index in [1.54, 1.807) is 12.3 Å². The smallest absolute Gasteiger partial charge is 0.206 e. The van der Waals surface area contributed by atoms with Crippen molar-refractivity contribution >= 4 is 11.5 Å². The maximum Gasteiger partial charge on any atom is 0.206 e. The van der Waals surface area contributed by atoms with E-state index in [2.05, 4.69) is 13.0 Å². The van der Waals surface area contributed by atoms with Crippen molar-refractivity contribution in [3.63, 3.8) is 0 Å². The summed E-state index contributed by atoms with van der Waals surface area (Å²) in [5.41, 5.74) is 1.64. The Balaban J connectivity index is 1.92. The highest BCUT2D eigenvalue weighted by Crippen LogP contribution is 2.36. The molecule has 1 aromatic rings. The highest BCUT2D eigenvalue weighted by atomic mass is 16.5. The van der Waals surface area contributed by atoms with Crippen molar-refractivity contribution in [1.29, 1.82) is 5.41 Å². The van der Waals surface area contributed by atoms with E-state index in [0.29, 0.717) is 0 Å². The zero-order chi connectivity index (χ0) is 14.6. The molecule has 0 fully saturated rings. The summed E-state index contributed by atoms with van der Waals surface area (Å²) in [6.45, 7) is 6.20. The van der Waals surface area contributed by atoms with Gasteiger partial charge < -0.3 is 9.15 Å². The van der Waals surface area contributed by atoms with Crippen molar-refractivity contribution in [3.05, 3.63) is 29.7 Å². The maximum atomic E-state index is 7.64. The molecule has 1 aliphatic heterocycles. The van der Waals surface area contributed by atoms with Crippen molar-refractivity contribution in [2.24, 2.45) is 0 Å². The average Bonchev–Trinajstić information content (AvgIpc) is 2.93. The van der Waals surface area contributed by atoms with Crippen molar-refractivity contribution in [1.82, 2.24) is 0 Å². The van der Waals surface area contributed by atoms with Gasteiger partial charge in [-0.3, -0.25) is 5.41 Å². The van der Waals surface area contributed by atoms with E-state index in [1.165, 1.54) is 32.1 Å². The molecule has 0 aliphatic carbocycles. The molecule has 0 unspecified atom stereocenters. The van der Waals surface area contributed by atoms with Crippen LogP contribution in [0.3, 0.4) is 0 Å². The van der Waals surface area contributed by atoms with Gasteiger partial charge in [-0.1, -0.05) is 32.6 Å². The fourth-order valence-electron chi connectivity index (χ4n) is 2.65. The molecule has 20 heavy (non-hydrogen) atoms. The summed E-state index contributed by atoms with van der Waals surface area (Å²) in [5.74, 6) is 1.26. The minimum absolute atomic E-state index is 0.229. The molecule has 0 atom stereocenters. The van der Waals surface area contributed by atoms with Crippen LogP contribution in [0.15, 0.2) is 22.8 Å². The molecule has 0 amide bonds. The summed E-state index contributed by atoms with van der Waals surface area (Å²) >= 11 is 0. The van der Waals surface area contributed by atoms with Crippen molar-refractivity contribution in [3.8, 4) is 0 Å². The molecule has 3 nitrogen and oxygen atoms in total. The normalized spacial score (nSPS) is 17.1. The van der Waals surface area contributed by atoms with Crippen molar-refractivity contribution < 1.29 is 9.15 Å². The Morgan fingerprint density at radius 1 is 1.15 bits per heavy atom. The van der Waals surface area contributed by atoms with Gasteiger partial charge in [0, 0.05) is 23.6 Å². The lowest BCUT2D eigenvalue weighted by Crippen LogP contribution is -2.22. The van der Waals surface area contributed by atoms with Crippen LogP contribution < -0.4 is 0 Å². The first kappa shape index (κ1) is 14.9. The predicted molar refractivity (Wildman–Crippen MR) is 82.0 cm³/mol. The number of rotatable bonds is 7. The van der Waals surface area contributed by atoms with Crippen LogP contribution in [0.4, 0.5) is 0 Å². The van der Waals surface area contributed by atoms with Gasteiger partial charge in [0.05, 0.1) is 6.26 Å². The number of furan rings is 1. The third kappa shape index (κ3) is 3.53. The zero-order valence-electron chi connectivity index (χ0n) is 12.8. The zero-order valence-corrected chi connectivity index (χ0v) is 12.8. The van der Waals surface area contributed by atoms with Gasteiger partial charge in [0.15, 0.2) is 0 Å². The second kappa shape index (κ2) is 6.29. The third-order valence-corrected chi connectivity index (χ3v) is 3.78. The molecule has 3 heteroatoms. The molecule has 1 aromatic heterocycles. The first-order chi connectivity index (χ1) is 9.53. The fraction of sp³-hybridized carbons (Fsp3) is 0.588. The Kier molecular flexibility index (Phi) is 4.69. The van der Waals surface area contributed by atoms with Crippen LogP contribution in [0, 0.1) is 5.41 Å². The number of hydrogen-bond acceptors (Lipinski definition) is 3. The standard InChI is InChI=1S/C17H25NO2/c1-4-5-6-7-8-9-14-10-13(12-19-14)15-11-16(18)20-17(15,2)3/h10-12,18H,4-9H2,1-3H3. The third-order valence-electron chi connectivity index (χ3n) is 3.78. The monoisotopic (exact) mass is 275 g/mol. The quantitative estimate of drug-likeness (QED) is 0.715. The van der Waals surface area contributed by atoms with E-state index in [9.17, 15) is 0 Å². The predicted octanol–water partition coefficient (Wildman–Crippen LogP) is 4.96. The number of hydrogen-bond donors (Lipinski definition) is 1. The minimum Gasteiger partial charge on any atom is -0.469 e. The van der Waals surface area contributed by atoms with E-state index < -0.39 is 5.60 Å². The number of unbranched alkanes of at least 4 members (excludes halogenated alkanes) is 4. The van der Waals surface area contributed by atoms with E-state index in [-0.39, 0.29) is 5.90 Å². The Morgan fingerprint density at radius 3 is 2.55 bits per heavy atom. The molecule has 0 radical (unpaired) electrons. The lowest BCUT2D eigenvalue weighted by molar-refractivity contribution is 0.169. The molecule has 0 saturated carbocycles. The Morgan fingerprint density at radius 2 is 1.90 bits per heavy atom. The molecule has 0 aromatic carbocycles. The van der Waals surface area contributed by atoms with Crippen LogP contribution in [0.25, 0.3) is 5.57 Å². The first-order valence-corrected chi connectivity index (χ1v) is 7.60. The number of ether oxygens (including phenoxy) is 1. The van der Waals surface area contributed by atoms with Gasteiger partial charge in [-0.25, -0.2) is 0 Å². The summed E-state index contributed by atoms with van der Waals surface area (Å²) in [5, 5.41) is 7.64. The van der Waals surface area contributed by atoms with Crippen LogP contribution in [0.5, 0.6) is 0 Å². The van der Waals surface area contributed by atoms with Gasteiger partial charge in [0.2, 0.25) is 5.90 Å². The molecular weight excluding hydrogens is 250 g/mol. The molecule has 0 bridgehead atoms. The van der Waals surface area contributed by atoms with Crippen LogP contribution in [0.2, 0.25) is 0 Å². The lowest BCUT2D eigenvalue weighted by atomic mass is 9.94. The second-order valence-electron chi connectivity index (χ2n) is 6.00. The van der Waals surface area contributed by atoms with Crippen LogP contribution in [0.1, 0.15) is 64.2 Å². The summed E-state index contributed by atoms with van der Waals surface area (Å²) in [4.78, 5) is 0. The average molecular weight is 275 g/mol. The lowest BCUT2D eigenvalue weighted by Gasteiger charge is -2.21. The van der Waals surface area contributed by atoms with Crippen LogP contribution in [-0.2, 0) is 11.2 Å². The molecule has 110 valence electrons. The highest BCUT2D eigenvalue weighted by Gasteiger charge is 2.33. The molecule has 1 N–H and O–H groups in total. The van der Waals surface area contributed by atoms with E-state index in [0.717, 1.165) is 23.3 Å². The summed E-state index contributed by atoms with van der Waals surface area (Å²) in [6, 6.07) is 2.09. The Labute approximate surface area is 121 Å². The van der Waals surface area contributed by atoms with Crippen molar-refractivity contribution in [2.75, 3.05) is 0 Å². The van der Waals surface area contributed by atoms with E-state index in [1.807, 2.05) is 13.8 Å². The fourth-order valence-corrected chi connectivity index (χ4v) is 2.65. The van der Waals surface area contributed by atoms with Gasteiger partial charge in [-0.05, 0) is 26.3 Å². The van der Waals surface area contributed by atoms with Gasteiger partial charge >= 0.3 is 0 Å². The summed E-state index contributed by atoms with van der Waals surface area (Å²) in [6.07, 6.45) is 10.9. The summed E-state index contributed by atoms with van der Waals surface area (Å²) in [7, 11) is 0. The highest BCUT2D eigenvalue weighted by molar-refractivity contribution is 6.00. The van der Waals surface area contributed by atoms with Gasteiger partial charge in [-0.15, -0.1) is 0 Å². The maximum absolute atomic E-state index is 7.64. The van der Waals surface area contributed by atoms with Gasteiger partial charge in [-0.2, -0.15) is 0 Å². The Bertz CT molecular complexity index is 497. The van der Waals surface area contributed by atoms with Gasteiger partial charge in [0.1, 0.15) is 11.4 Å². The van der Waals surface area contributed by atoms with Gasteiger partial charge in [0.25, 0.3) is 0 Å². The summed E-state index contributed by atoms with van der Waals surface area (Å²) < 4.78 is 11.1. The molecular formula is C17H25NO2. The van der Waals surface area contributed by atoms with Crippen molar-refractivity contribution in [2.45, 2.75) is 64.9 Å². The number of nitrogens with one attached hydrogen (secondary N) is 1. The molecule has 0 saturated heterocycles. The molecule has 0 spiro atoms.